The fourth-order valence-corrected chi connectivity index (χ4v) is 2.88. The zero-order valence-corrected chi connectivity index (χ0v) is 16.0. The highest BCUT2D eigenvalue weighted by molar-refractivity contribution is 5.67. The van der Waals surface area contributed by atoms with Crippen LogP contribution in [0.4, 0.5) is 17.5 Å². The van der Waals surface area contributed by atoms with Crippen molar-refractivity contribution in [2.45, 2.75) is 6.54 Å². The fraction of sp³-hybridized carbons (Fsp3) is 0.0870. The molecule has 0 atom stereocenters. The highest BCUT2D eigenvalue weighted by Gasteiger charge is 2.08. The van der Waals surface area contributed by atoms with Crippen molar-refractivity contribution in [3.63, 3.8) is 0 Å². The van der Waals surface area contributed by atoms with Crippen LogP contribution in [0.5, 0.6) is 5.75 Å². The maximum Gasteiger partial charge on any atom is 0.225 e. The summed E-state index contributed by atoms with van der Waals surface area (Å²) in [5.74, 6) is 2.03. The molecule has 2 aromatic heterocycles. The molecule has 29 heavy (non-hydrogen) atoms. The van der Waals surface area contributed by atoms with E-state index in [4.69, 9.17) is 9.72 Å². The molecule has 0 aliphatic carbocycles. The molecule has 2 aromatic carbocycles. The molecule has 144 valence electrons. The predicted molar refractivity (Wildman–Crippen MR) is 115 cm³/mol. The maximum absolute atomic E-state index is 5.31. The van der Waals surface area contributed by atoms with E-state index >= 15 is 0 Å². The van der Waals surface area contributed by atoms with Gasteiger partial charge in [-0.25, -0.2) is 4.98 Å². The summed E-state index contributed by atoms with van der Waals surface area (Å²) >= 11 is 0. The Bertz CT molecular complexity index is 1070. The molecule has 2 N–H and O–H groups in total. The average Bonchev–Trinajstić information content (AvgIpc) is 2.79. The van der Waals surface area contributed by atoms with Gasteiger partial charge >= 0.3 is 0 Å². The minimum atomic E-state index is 0.550. The summed E-state index contributed by atoms with van der Waals surface area (Å²) in [4.78, 5) is 13.4. The van der Waals surface area contributed by atoms with Gasteiger partial charge in [-0.15, -0.1) is 0 Å². The summed E-state index contributed by atoms with van der Waals surface area (Å²) in [6.07, 6.45) is 3.54. The molecule has 2 heterocycles. The minimum absolute atomic E-state index is 0.550. The Balaban J connectivity index is 1.64. The highest BCUT2D eigenvalue weighted by atomic mass is 16.5. The minimum Gasteiger partial charge on any atom is -0.497 e. The number of aromatic nitrogens is 3. The number of hydrogen-bond donors (Lipinski definition) is 2. The second kappa shape index (κ2) is 8.84. The van der Waals surface area contributed by atoms with Crippen LogP contribution in [0.1, 0.15) is 5.56 Å². The second-order valence-corrected chi connectivity index (χ2v) is 6.39. The first-order chi connectivity index (χ1) is 14.3. The predicted octanol–water partition coefficient (Wildman–Crippen LogP) is 4.90. The maximum atomic E-state index is 5.31. The molecule has 6 heteroatoms. The smallest absolute Gasteiger partial charge is 0.225 e. The van der Waals surface area contributed by atoms with Gasteiger partial charge in [0.15, 0.2) is 0 Å². The van der Waals surface area contributed by atoms with E-state index in [-0.39, 0.29) is 0 Å². The molecule has 0 aliphatic heterocycles. The van der Waals surface area contributed by atoms with Crippen LogP contribution in [0, 0.1) is 0 Å². The Morgan fingerprint density at radius 2 is 1.69 bits per heavy atom. The van der Waals surface area contributed by atoms with E-state index in [2.05, 4.69) is 20.6 Å². The monoisotopic (exact) mass is 383 g/mol. The van der Waals surface area contributed by atoms with E-state index in [1.165, 1.54) is 0 Å². The molecule has 0 unspecified atom stereocenters. The van der Waals surface area contributed by atoms with Gasteiger partial charge in [0, 0.05) is 42.3 Å². The fourth-order valence-electron chi connectivity index (χ4n) is 2.88. The van der Waals surface area contributed by atoms with E-state index in [1.807, 2.05) is 72.8 Å². The lowest BCUT2D eigenvalue weighted by molar-refractivity contribution is 0.415. The van der Waals surface area contributed by atoms with Crippen molar-refractivity contribution in [1.29, 1.82) is 0 Å². The number of benzene rings is 2. The summed E-state index contributed by atoms with van der Waals surface area (Å²) in [6, 6.07) is 23.6. The van der Waals surface area contributed by atoms with Gasteiger partial charge in [0.25, 0.3) is 0 Å². The van der Waals surface area contributed by atoms with Crippen LogP contribution >= 0.6 is 0 Å². The number of rotatable bonds is 7. The third-order valence-electron chi connectivity index (χ3n) is 4.34. The largest absolute Gasteiger partial charge is 0.497 e. The molecule has 0 aliphatic rings. The molecule has 6 nitrogen and oxygen atoms in total. The van der Waals surface area contributed by atoms with E-state index in [1.54, 1.807) is 19.5 Å². The highest BCUT2D eigenvalue weighted by Crippen LogP contribution is 2.25. The number of methoxy groups -OCH3 is 1. The number of anilines is 3. The van der Waals surface area contributed by atoms with Gasteiger partial charge in [0.05, 0.1) is 12.8 Å². The van der Waals surface area contributed by atoms with Crippen molar-refractivity contribution in [3.05, 3.63) is 90.8 Å². The van der Waals surface area contributed by atoms with Crippen LogP contribution < -0.4 is 15.4 Å². The normalized spacial score (nSPS) is 10.4. The first-order valence-corrected chi connectivity index (χ1v) is 9.28. The van der Waals surface area contributed by atoms with E-state index in [9.17, 15) is 0 Å². The Kier molecular flexibility index (Phi) is 5.62. The second-order valence-electron chi connectivity index (χ2n) is 6.39. The molecular formula is C23H21N5O. The lowest BCUT2D eigenvalue weighted by Gasteiger charge is -2.12. The van der Waals surface area contributed by atoms with E-state index in [0.29, 0.717) is 18.3 Å². The Morgan fingerprint density at radius 1 is 0.862 bits per heavy atom. The molecule has 4 aromatic rings. The van der Waals surface area contributed by atoms with E-state index < -0.39 is 0 Å². The molecule has 0 amide bonds. The van der Waals surface area contributed by atoms with Gasteiger partial charge in [-0.2, -0.15) is 4.98 Å². The molecule has 0 saturated heterocycles. The van der Waals surface area contributed by atoms with Crippen LogP contribution in [0.15, 0.2) is 85.2 Å². The van der Waals surface area contributed by atoms with Gasteiger partial charge in [0.2, 0.25) is 5.95 Å². The number of nitrogens with zero attached hydrogens (tertiary/aromatic N) is 3. The van der Waals surface area contributed by atoms with Gasteiger partial charge in [0.1, 0.15) is 11.6 Å². The van der Waals surface area contributed by atoms with Crippen LogP contribution in [-0.2, 0) is 6.54 Å². The third kappa shape index (κ3) is 4.87. The lowest BCUT2D eigenvalue weighted by atomic mass is 10.1. The Morgan fingerprint density at radius 3 is 2.48 bits per heavy atom. The van der Waals surface area contributed by atoms with Crippen molar-refractivity contribution in [3.8, 4) is 17.0 Å². The van der Waals surface area contributed by atoms with Crippen molar-refractivity contribution < 1.29 is 4.74 Å². The first kappa shape index (κ1) is 18.4. The Labute approximate surface area is 169 Å². The number of ether oxygens (including phenoxy) is 1. The molecule has 0 radical (unpaired) electrons. The van der Waals surface area contributed by atoms with Crippen LogP contribution in [0.25, 0.3) is 11.3 Å². The molecule has 0 fully saturated rings. The van der Waals surface area contributed by atoms with Crippen LogP contribution in [0.2, 0.25) is 0 Å². The molecule has 4 rings (SSSR count). The topological polar surface area (TPSA) is 72.0 Å². The summed E-state index contributed by atoms with van der Waals surface area (Å²) < 4.78 is 5.31. The molecule has 0 saturated carbocycles. The third-order valence-corrected chi connectivity index (χ3v) is 4.34. The van der Waals surface area contributed by atoms with Crippen LogP contribution in [-0.4, -0.2) is 22.1 Å². The van der Waals surface area contributed by atoms with Crippen molar-refractivity contribution in [2.75, 3.05) is 17.7 Å². The van der Waals surface area contributed by atoms with Crippen molar-refractivity contribution in [2.24, 2.45) is 0 Å². The Hall–Kier alpha value is -3.93. The first-order valence-electron chi connectivity index (χ1n) is 9.28. The summed E-state index contributed by atoms with van der Waals surface area (Å²) in [5.41, 5.74) is 3.86. The number of nitrogens with one attached hydrogen (secondary N) is 2. The van der Waals surface area contributed by atoms with Gasteiger partial charge < -0.3 is 15.4 Å². The van der Waals surface area contributed by atoms with Gasteiger partial charge in [-0.3, -0.25) is 4.98 Å². The van der Waals surface area contributed by atoms with Gasteiger partial charge in [-0.05, 0) is 29.8 Å². The van der Waals surface area contributed by atoms with Crippen LogP contribution in [0.3, 0.4) is 0 Å². The number of pyridine rings is 1. The molecule has 0 spiro atoms. The van der Waals surface area contributed by atoms with Crippen molar-refractivity contribution in [1.82, 2.24) is 15.0 Å². The quantitative estimate of drug-likeness (QED) is 0.473. The molecular weight excluding hydrogens is 362 g/mol. The summed E-state index contributed by atoms with van der Waals surface area (Å²) in [5, 5.41) is 6.65. The summed E-state index contributed by atoms with van der Waals surface area (Å²) in [7, 11) is 1.65. The lowest BCUT2D eigenvalue weighted by Crippen LogP contribution is -2.06. The summed E-state index contributed by atoms with van der Waals surface area (Å²) in [6.45, 7) is 0.610. The standard InChI is InChI=1S/C23H21N5O/c1-29-20-9-5-8-19(14-20)26-22-15-21(18-6-3-2-4-7-18)27-23(28-22)25-16-17-10-12-24-13-11-17/h2-15H,16H2,1H3,(H2,25,26,27,28). The van der Waals surface area contributed by atoms with Crippen molar-refractivity contribution >= 4 is 17.5 Å². The molecule has 0 bridgehead atoms. The van der Waals surface area contributed by atoms with Gasteiger partial charge in [-0.1, -0.05) is 36.4 Å². The average molecular weight is 383 g/mol. The number of hydrogen-bond acceptors (Lipinski definition) is 6. The zero-order chi connectivity index (χ0) is 19.9. The van der Waals surface area contributed by atoms with E-state index in [0.717, 1.165) is 28.3 Å². The SMILES string of the molecule is COc1cccc(Nc2cc(-c3ccccc3)nc(NCc3ccncc3)n2)c1. The zero-order valence-electron chi connectivity index (χ0n) is 16.0.